The van der Waals surface area contributed by atoms with Gasteiger partial charge >= 0.3 is 5.97 Å². The summed E-state index contributed by atoms with van der Waals surface area (Å²) in [5, 5.41) is 3.14. The molecule has 1 amide bonds. The van der Waals surface area contributed by atoms with E-state index in [0.29, 0.717) is 22.5 Å². The highest BCUT2D eigenvalue weighted by molar-refractivity contribution is 6.00. The number of piperidine rings is 1. The van der Waals surface area contributed by atoms with Crippen molar-refractivity contribution in [3.8, 4) is 0 Å². The number of likely N-dealkylation sites (tertiary alicyclic amines) is 1. The van der Waals surface area contributed by atoms with Gasteiger partial charge in [-0.25, -0.2) is 4.79 Å². The maximum Gasteiger partial charge on any atom is 0.340 e. The van der Waals surface area contributed by atoms with E-state index in [2.05, 4.69) is 46.4 Å². The van der Waals surface area contributed by atoms with Gasteiger partial charge in [-0.3, -0.25) is 9.69 Å². The van der Waals surface area contributed by atoms with E-state index in [0.717, 1.165) is 32.5 Å². The molecule has 0 bridgehead atoms. The third kappa shape index (κ3) is 5.11. The number of amides is 1. The van der Waals surface area contributed by atoms with E-state index in [-0.39, 0.29) is 24.0 Å². The van der Waals surface area contributed by atoms with Crippen molar-refractivity contribution in [2.75, 3.05) is 13.1 Å². The van der Waals surface area contributed by atoms with Crippen molar-refractivity contribution in [3.63, 3.8) is 0 Å². The lowest BCUT2D eigenvalue weighted by Gasteiger charge is -2.32. The average molecular weight is 412 g/mol. The molecule has 1 saturated heterocycles. The van der Waals surface area contributed by atoms with Crippen LogP contribution < -0.4 is 5.32 Å². The number of hydrogen-bond acceptors (Lipinski definition) is 4. The number of ether oxygens (including phenoxy) is 1. The molecule has 2 N–H and O–H groups in total. The Kier molecular flexibility index (Phi) is 6.98. The third-order valence-corrected chi connectivity index (χ3v) is 5.79. The lowest BCUT2D eigenvalue weighted by molar-refractivity contribution is 0.0376. The zero-order chi connectivity index (χ0) is 21.8. The molecule has 1 aromatic heterocycles. The Balaban J connectivity index is 1.57. The minimum atomic E-state index is -0.389. The fraction of sp³-hybridized carbons (Fsp3) is 0.500. The lowest BCUT2D eigenvalue weighted by atomic mass is 10.0. The van der Waals surface area contributed by atoms with Crippen molar-refractivity contribution in [2.45, 2.75) is 66.2 Å². The molecule has 3 rings (SSSR count). The van der Waals surface area contributed by atoms with Crippen LogP contribution in [-0.4, -0.2) is 47.0 Å². The van der Waals surface area contributed by atoms with Crippen LogP contribution in [0.1, 0.15) is 69.9 Å². The summed E-state index contributed by atoms with van der Waals surface area (Å²) in [5.41, 5.74) is 4.90. The second kappa shape index (κ2) is 9.47. The minimum Gasteiger partial charge on any atom is -0.459 e. The molecule has 1 aliphatic rings. The van der Waals surface area contributed by atoms with Gasteiger partial charge < -0.3 is 15.0 Å². The highest BCUT2D eigenvalue weighted by Gasteiger charge is 2.26. The maximum absolute atomic E-state index is 12.9. The Morgan fingerprint density at radius 3 is 2.47 bits per heavy atom. The average Bonchev–Trinajstić information content (AvgIpc) is 2.99. The Morgan fingerprint density at radius 2 is 1.83 bits per heavy atom. The smallest absolute Gasteiger partial charge is 0.340 e. The van der Waals surface area contributed by atoms with Gasteiger partial charge in [-0.15, -0.1) is 0 Å². The third-order valence-electron chi connectivity index (χ3n) is 5.79. The summed E-state index contributed by atoms with van der Waals surface area (Å²) in [5.74, 6) is -0.545. The summed E-state index contributed by atoms with van der Waals surface area (Å²) in [6, 6.07) is 8.62. The number of rotatable bonds is 6. The van der Waals surface area contributed by atoms with Crippen molar-refractivity contribution in [1.29, 1.82) is 0 Å². The first kappa shape index (κ1) is 22.1. The van der Waals surface area contributed by atoms with Crippen LogP contribution >= 0.6 is 0 Å². The van der Waals surface area contributed by atoms with Crippen molar-refractivity contribution in [2.24, 2.45) is 0 Å². The molecule has 2 aromatic rings. The van der Waals surface area contributed by atoms with Crippen LogP contribution in [0.2, 0.25) is 0 Å². The maximum atomic E-state index is 12.9. The Labute approximate surface area is 179 Å². The number of carbonyl (C=O) groups is 2. The Hall–Kier alpha value is -2.60. The number of carbonyl (C=O) groups excluding carboxylic acids is 2. The number of nitrogens with zero attached hydrogens (tertiary/aromatic N) is 1. The van der Waals surface area contributed by atoms with Crippen molar-refractivity contribution < 1.29 is 14.3 Å². The summed E-state index contributed by atoms with van der Waals surface area (Å²) >= 11 is 0. The lowest BCUT2D eigenvalue weighted by Crippen LogP contribution is -2.44. The highest BCUT2D eigenvalue weighted by atomic mass is 16.5. The van der Waals surface area contributed by atoms with Gasteiger partial charge in [0.15, 0.2) is 0 Å². The number of aromatic nitrogens is 1. The van der Waals surface area contributed by atoms with Crippen LogP contribution in [0.5, 0.6) is 0 Å². The van der Waals surface area contributed by atoms with Gasteiger partial charge in [0.05, 0.1) is 11.7 Å². The Bertz CT molecular complexity index is 908. The van der Waals surface area contributed by atoms with E-state index in [9.17, 15) is 9.59 Å². The molecule has 1 aromatic carbocycles. The van der Waals surface area contributed by atoms with E-state index in [1.54, 1.807) is 13.8 Å². The number of H-pyrrole nitrogens is 1. The molecule has 0 spiro atoms. The molecule has 1 aliphatic heterocycles. The molecule has 6 nitrogen and oxygen atoms in total. The summed E-state index contributed by atoms with van der Waals surface area (Å²) in [7, 11) is 0. The number of aromatic amines is 1. The summed E-state index contributed by atoms with van der Waals surface area (Å²) in [6.07, 6.45) is 1.63. The quantitative estimate of drug-likeness (QED) is 0.707. The summed E-state index contributed by atoms with van der Waals surface area (Å²) in [4.78, 5) is 30.7. The molecule has 162 valence electrons. The SMILES string of the molecule is Cc1ccccc1CN1CCC(NC(=O)c2[nH]c(C)c(C(=O)OC(C)C)c2C)CC1. The molecule has 0 radical (unpaired) electrons. The van der Waals surface area contributed by atoms with Gasteiger partial charge in [0, 0.05) is 31.4 Å². The molecule has 0 saturated carbocycles. The van der Waals surface area contributed by atoms with Crippen molar-refractivity contribution >= 4 is 11.9 Å². The van der Waals surface area contributed by atoms with Crippen LogP contribution in [0.15, 0.2) is 24.3 Å². The normalized spacial score (nSPS) is 15.4. The van der Waals surface area contributed by atoms with Crippen LogP contribution in [0.25, 0.3) is 0 Å². The van der Waals surface area contributed by atoms with Crippen LogP contribution in [0, 0.1) is 20.8 Å². The van der Waals surface area contributed by atoms with Crippen LogP contribution in [0.4, 0.5) is 0 Å². The first-order chi connectivity index (χ1) is 14.3. The highest BCUT2D eigenvalue weighted by Crippen LogP contribution is 2.21. The number of benzene rings is 1. The van der Waals surface area contributed by atoms with E-state index < -0.39 is 0 Å². The molecule has 30 heavy (non-hydrogen) atoms. The molecular weight excluding hydrogens is 378 g/mol. The van der Waals surface area contributed by atoms with E-state index >= 15 is 0 Å². The minimum absolute atomic E-state index is 0.139. The van der Waals surface area contributed by atoms with Crippen LogP contribution in [-0.2, 0) is 11.3 Å². The van der Waals surface area contributed by atoms with Crippen molar-refractivity contribution in [1.82, 2.24) is 15.2 Å². The van der Waals surface area contributed by atoms with Gasteiger partial charge in [0.25, 0.3) is 5.91 Å². The molecule has 0 aliphatic carbocycles. The summed E-state index contributed by atoms with van der Waals surface area (Å²) < 4.78 is 5.31. The van der Waals surface area contributed by atoms with Gasteiger partial charge in [0.2, 0.25) is 0 Å². The van der Waals surface area contributed by atoms with Gasteiger partial charge in [-0.1, -0.05) is 24.3 Å². The van der Waals surface area contributed by atoms with Gasteiger partial charge in [-0.05, 0) is 64.2 Å². The molecule has 6 heteroatoms. The van der Waals surface area contributed by atoms with E-state index in [1.807, 2.05) is 13.8 Å². The zero-order valence-corrected chi connectivity index (χ0v) is 18.7. The van der Waals surface area contributed by atoms with Crippen molar-refractivity contribution in [3.05, 3.63) is 57.9 Å². The van der Waals surface area contributed by atoms with Gasteiger partial charge in [-0.2, -0.15) is 0 Å². The Morgan fingerprint density at radius 1 is 1.17 bits per heavy atom. The largest absolute Gasteiger partial charge is 0.459 e. The number of esters is 1. The second-order valence-electron chi connectivity index (χ2n) is 8.53. The summed E-state index contributed by atoms with van der Waals surface area (Å²) in [6.45, 7) is 12.2. The van der Waals surface area contributed by atoms with Gasteiger partial charge in [0.1, 0.15) is 5.69 Å². The first-order valence-corrected chi connectivity index (χ1v) is 10.7. The molecule has 1 fully saturated rings. The van der Waals surface area contributed by atoms with E-state index in [1.165, 1.54) is 11.1 Å². The molecular formula is C24H33N3O3. The molecule has 0 atom stereocenters. The predicted octanol–water partition coefficient (Wildman–Crippen LogP) is 3.90. The molecule has 0 unspecified atom stereocenters. The number of hydrogen-bond donors (Lipinski definition) is 2. The number of nitrogens with one attached hydrogen (secondary N) is 2. The first-order valence-electron chi connectivity index (χ1n) is 10.7. The fourth-order valence-electron chi connectivity index (χ4n) is 4.08. The standard InChI is InChI=1S/C24H33N3O3/c1-15(2)30-24(29)21-17(4)22(25-18(21)5)23(28)26-20-10-12-27(13-11-20)14-19-9-7-6-8-16(19)3/h6-9,15,20,25H,10-14H2,1-5H3,(H,26,28). The fourth-order valence-corrected chi connectivity index (χ4v) is 4.08. The second-order valence-corrected chi connectivity index (χ2v) is 8.53. The topological polar surface area (TPSA) is 74.4 Å². The number of aryl methyl sites for hydroxylation is 2. The predicted molar refractivity (Wildman–Crippen MR) is 118 cm³/mol. The zero-order valence-electron chi connectivity index (χ0n) is 18.7. The van der Waals surface area contributed by atoms with E-state index in [4.69, 9.17) is 4.74 Å². The molecule has 2 heterocycles. The monoisotopic (exact) mass is 411 g/mol. The van der Waals surface area contributed by atoms with Crippen LogP contribution in [0.3, 0.4) is 0 Å².